The summed E-state index contributed by atoms with van der Waals surface area (Å²) in [5.41, 5.74) is 2.87. The molecule has 0 spiro atoms. The zero-order valence-electron chi connectivity index (χ0n) is 11.4. The molecule has 2 rings (SSSR count). The number of aryl methyl sites for hydroxylation is 1. The Morgan fingerprint density at radius 1 is 1.25 bits per heavy atom. The summed E-state index contributed by atoms with van der Waals surface area (Å²) in [4.78, 5) is 4.72. The minimum absolute atomic E-state index is 0.333. The lowest BCUT2D eigenvalue weighted by Crippen LogP contribution is -1.99. The lowest BCUT2D eigenvalue weighted by molar-refractivity contribution is 0.414. The zero-order valence-corrected chi connectivity index (χ0v) is 12.2. The Morgan fingerprint density at radius 2 is 2.05 bits per heavy atom. The van der Waals surface area contributed by atoms with E-state index in [1.54, 1.807) is 7.11 Å². The summed E-state index contributed by atoms with van der Waals surface area (Å²) in [6, 6.07) is 13.1. The first-order valence-corrected chi connectivity index (χ1v) is 6.93. The van der Waals surface area contributed by atoms with Gasteiger partial charge >= 0.3 is 6.04 Å². The SMILES string of the molecule is C#[N+][C@@H](c1cccc(OC)c1)c1ccc(C)cc1SO. The van der Waals surface area contributed by atoms with E-state index in [0.717, 1.165) is 27.3 Å². The molecule has 0 bridgehead atoms. The maximum atomic E-state index is 9.44. The van der Waals surface area contributed by atoms with Gasteiger partial charge < -0.3 is 9.29 Å². The van der Waals surface area contributed by atoms with Gasteiger partial charge in [-0.15, -0.1) is 0 Å². The van der Waals surface area contributed by atoms with Crippen molar-refractivity contribution in [3.63, 3.8) is 0 Å². The topological polar surface area (TPSA) is 33.8 Å². The minimum Gasteiger partial charge on any atom is -0.497 e. The van der Waals surface area contributed by atoms with E-state index in [1.165, 1.54) is 0 Å². The Morgan fingerprint density at radius 3 is 2.70 bits per heavy atom. The van der Waals surface area contributed by atoms with Crippen molar-refractivity contribution in [2.75, 3.05) is 7.11 Å². The highest BCUT2D eigenvalue weighted by Gasteiger charge is 2.26. The van der Waals surface area contributed by atoms with Gasteiger partial charge in [-0.3, -0.25) is 0 Å². The second-order valence-corrected chi connectivity index (χ2v) is 5.08. The van der Waals surface area contributed by atoms with Gasteiger partial charge in [-0.1, -0.05) is 23.0 Å². The number of hydrogen-bond acceptors (Lipinski definition) is 3. The van der Waals surface area contributed by atoms with E-state index < -0.39 is 0 Å². The molecule has 0 unspecified atom stereocenters. The number of nitrogens with zero attached hydrogens (tertiary/aromatic N) is 1. The molecule has 0 saturated carbocycles. The maximum Gasteiger partial charge on any atom is 0.323 e. The molecule has 2 aromatic carbocycles. The van der Waals surface area contributed by atoms with Crippen LogP contribution in [-0.4, -0.2) is 11.7 Å². The summed E-state index contributed by atoms with van der Waals surface area (Å²) in [5.74, 6) is 0.751. The number of rotatable bonds is 4. The number of hydrogen-bond donors (Lipinski definition) is 1. The van der Waals surface area contributed by atoms with Crippen molar-refractivity contribution in [1.29, 1.82) is 0 Å². The highest BCUT2D eigenvalue weighted by Crippen LogP contribution is 2.34. The van der Waals surface area contributed by atoms with Gasteiger partial charge in [-0.2, -0.15) is 0 Å². The Bertz CT molecular complexity index is 649. The zero-order chi connectivity index (χ0) is 14.5. The van der Waals surface area contributed by atoms with Crippen LogP contribution < -0.4 is 4.74 Å². The van der Waals surface area contributed by atoms with Gasteiger partial charge in [0.2, 0.25) is 0 Å². The molecule has 102 valence electrons. The number of ether oxygens (including phenoxy) is 1. The highest BCUT2D eigenvalue weighted by atomic mass is 32.2. The molecule has 2 aromatic rings. The predicted molar refractivity (Wildman–Crippen MR) is 82.8 cm³/mol. The Hall–Kier alpha value is -1.96. The molecule has 0 aliphatic carbocycles. The first-order valence-electron chi connectivity index (χ1n) is 6.15. The Kier molecular flexibility index (Phi) is 4.67. The second kappa shape index (κ2) is 6.47. The molecule has 4 heteroatoms. The monoisotopic (exact) mass is 286 g/mol. The molecule has 0 aromatic heterocycles. The van der Waals surface area contributed by atoms with Crippen molar-refractivity contribution in [1.82, 2.24) is 0 Å². The Labute approximate surface area is 123 Å². The van der Waals surface area contributed by atoms with Crippen LogP contribution in [0.3, 0.4) is 0 Å². The number of methoxy groups -OCH3 is 1. The van der Waals surface area contributed by atoms with E-state index in [0.29, 0.717) is 12.0 Å². The lowest BCUT2D eigenvalue weighted by atomic mass is 9.98. The van der Waals surface area contributed by atoms with Gasteiger partial charge in [0.25, 0.3) is 6.57 Å². The van der Waals surface area contributed by atoms with E-state index in [2.05, 4.69) is 4.85 Å². The maximum absolute atomic E-state index is 9.44. The van der Waals surface area contributed by atoms with Crippen molar-refractivity contribution in [2.45, 2.75) is 17.9 Å². The lowest BCUT2D eigenvalue weighted by Gasteiger charge is -2.09. The molecular weight excluding hydrogens is 270 g/mol. The summed E-state index contributed by atoms with van der Waals surface area (Å²) in [6.07, 6.45) is 0. The van der Waals surface area contributed by atoms with Crippen LogP contribution in [-0.2, 0) is 0 Å². The van der Waals surface area contributed by atoms with Crippen LogP contribution in [0.15, 0.2) is 47.4 Å². The largest absolute Gasteiger partial charge is 0.497 e. The highest BCUT2D eigenvalue weighted by molar-refractivity contribution is 7.93. The van der Waals surface area contributed by atoms with Gasteiger partial charge in [0.1, 0.15) is 5.75 Å². The van der Waals surface area contributed by atoms with Gasteiger partial charge in [-0.05, 0) is 36.8 Å². The first kappa shape index (κ1) is 14.4. The molecule has 0 heterocycles. The molecule has 0 radical (unpaired) electrons. The Balaban J connectivity index is 2.50. The third-order valence-electron chi connectivity index (χ3n) is 3.12. The summed E-state index contributed by atoms with van der Waals surface area (Å²) < 4.78 is 14.7. The standard InChI is InChI=1S/C16H15NO2S/c1-11-7-8-14(15(9-11)20-18)16(17-2)12-5-4-6-13(10-12)19-3/h2,4-10,16H,1,3H3/p+1/t16-/m0/s1. The minimum atomic E-state index is -0.333. The smallest absolute Gasteiger partial charge is 0.323 e. The first-order chi connectivity index (χ1) is 9.69. The fraction of sp³-hybridized carbons (Fsp3) is 0.188. The van der Waals surface area contributed by atoms with Crippen LogP contribution in [0.2, 0.25) is 0 Å². The molecule has 0 aliphatic rings. The normalized spacial score (nSPS) is 11.7. The van der Waals surface area contributed by atoms with Crippen LogP contribution in [0.5, 0.6) is 5.75 Å². The van der Waals surface area contributed by atoms with Crippen molar-refractivity contribution in [3.8, 4) is 12.3 Å². The van der Waals surface area contributed by atoms with Crippen LogP contribution in [0, 0.1) is 13.5 Å². The van der Waals surface area contributed by atoms with E-state index >= 15 is 0 Å². The summed E-state index contributed by atoms with van der Waals surface area (Å²) in [6.45, 7) is 7.56. The summed E-state index contributed by atoms with van der Waals surface area (Å²) in [7, 11) is 1.62. The molecule has 20 heavy (non-hydrogen) atoms. The van der Waals surface area contributed by atoms with E-state index in [-0.39, 0.29) is 6.04 Å². The van der Waals surface area contributed by atoms with Crippen LogP contribution in [0.4, 0.5) is 0 Å². The van der Waals surface area contributed by atoms with Crippen LogP contribution in [0.25, 0.3) is 4.85 Å². The molecule has 0 amide bonds. The molecule has 0 aliphatic heterocycles. The molecular formula is C16H16NO2S+. The van der Waals surface area contributed by atoms with Gasteiger partial charge in [-0.25, -0.2) is 0 Å². The van der Waals surface area contributed by atoms with Gasteiger partial charge in [0.05, 0.1) is 12.7 Å². The van der Waals surface area contributed by atoms with Gasteiger partial charge in [0.15, 0.2) is 0 Å². The molecule has 1 atom stereocenters. The average molecular weight is 286 g/mol. The number of benzene rings is 2. The van der Waals surface area contributed by atoms with Crippen LogP contribution >= 0.6 is 12.0 Å². The van der Waals surface area contributed by atoms with Crippen molar-refractivity contribution >= 4 is 12.0 Å². The van der Waals surface area contributed by atoms with Gasteiger partial charge in [0, 0.05) is 22.5 Å². The third kappa shape index (κ3) is 2.96. The molecule has 3 nitrogen and oxygen atoms in total. The van der Waals surface area contributed by atoms with Crippen molar-refractivity contribution in [2.24, 2.45) is 0 Å². The molecule has 1 N–H and O–H groups in total. The fourth-order valence-electron chi connectivity index (χ4n) is 2.10. The average Bonchev–Trinajstić information content (AvgIpc) is 2.49. The molecule has 0 fully saturated rings. The third-order valence-corrected chi connectivity index (χ3v) is 3.67. The second-order valence-electron chi connectivity index (χ2n) is 4.46. The van der Waals surface area contributed by atoms with Crippen molar-refractivity contribution < 1.29 is 9.29 Å². The van der Waals surface area contributed by atoms with Crippen LogP contribution in [0.1, 0.15) is 22.7 Å². The van der Waals surface area contributed by atoms with E-state index in [9.17, 15) is 4.55 Å². The summed E-state index contributed by atoms with van der Waals surface area (Å²) >= 11 is 0.711. The summed E-state index contributed by atoms with van der Waals surface area (Å²) in [5, 5.41) is 0. The van der Waals surface area contributed by atoms with Crippen molar-refractivity contribution in [3.05, 3.63) is 64.0 Å². The van der Waals surface area contributed by atoms with E-state index in [4.69, 9.17) is 11.3 Å². The van der Waals surface area contributed by atoms with E-state index in [1.807, 2.05) is 49.4 Å². The fourth-order valence-corrected chi connectivity index (χ4v) is 2.63. The molecule has 0 saturated heterocycles. The quantitative estimate of drug-likeness (QED) is 0.833. The predicted octanol–water partition coefficient (Wildman–Crippen LogP) is 4.62.